The SMILES string of the molecule is Cc1ccc(-c2nnn(-c3ccc(C(F)(F)F)cc3)n2)cc1. The lowest BCUT2D eigenvalue weighted by molar-refractivity contribution is -0.137. The minimum atomic E-state index is -4.36. The molecule has 2 aromatic carbocycles. The zero-order valence-corrected chi connectivity index (χ0v) is 11.5. The summed E-state index contributed by atoms with van der Waals surface area (Å²) in [7, 11) is 0. The third-order valence-corrected chi connectivity index (χ3v) is 3.15. The van der Waals surface area contributed by atoms with Gasteiger partial charge in [0.2, 0.25) is 5.82 Å². The monoisotopic (exact) mass is 304 g/mol. The van der Waals surface area contributed by atoms with Gasteiger partial charge in [0.05, 0.1) is 11.3 Å². The molecule has 7 heteroatoms. The predicted octanol–water partition coefficient (Wildman–Crippen LogP) is 3.66. The Bertz CT molecular complexity index is 774. The molecule has 4 nitrogen and oxygen atoms in total. The third-order valence-electron chi connectivity index (χ3n) is 3.15. The van der Waals surface area contributed by atoms with E-state index in [-0.39, 0.29) is 0 Å². The van der Waals surface area contributed by atoms with Crippen LogP contribution < -0.4 is 0 Å². The number of benzene rings is 2. The highest BCUT2D eigenvalue weighted by molar-refractivity contribution is 5.54. The first-order valence-corrected chi connectivity index (χ1v) is 6.48. The Labute approximate surface area is 124 Å². The highest BCUT2D eigenvalue weighted by Crippen LogP contribution is 2.29. The molecular weight excluding hydrogens is 293 g/mol. The van der Waals surface area contributed by atoms with Crippen molar-refractivity contribution in [1.29, 1.82) is 0 Å². The highest BCUT2D eigenvalue weighted by atomic mass is 19.4. The quantitative estimate of drug-likeness (QED) is 0.725. The van der Waals surface area contributed by atoms with Gasteiger partial charge in [0.25, 0.3) is 0 Å². The van der Waals surface area contributed by atoms with Crippen LogP contribution in [0.25, 0.3) is 17.1 Å². The van der Waals surface area contributed by atoms with E-state index < -0.39 is 11.7 Å². The van der Waals surface area contributed by atoms with Crippen molar-refractivity contribution in [2.24, 2.45) is 0 Å². The lowest BCUT2D eigenvalue weighted by Gasteiger charge is -2.06. The van der Waals surface area contributed by atoms with E-state index in [1.807, 2.05) is 31.2 Å². The predicted molar refractivity (Wildman–Crippen MR) is 74.3 cm³/mol. The molecule has 0 spiro atoms. The van der Waals surface area contributed by atoms with Gasteiger partial charge in [-0.15, -0.1) is 15.0 Å². The van der Waals surface area contributed by atoms with Crippen LogP contribution in [0.15, 0.2) is 48.5 Å². The van der Waals surface area contributed by atoms with Crippen molar-refractivity contribution in [1.82, 2.24) is 20.2 Å². The van der Waals surface area contributed by atoms with Crippen LogP contribution in [0.2, 0.25) is 0 Å². The molecule has 0 fully saturated rings. The van der Waals surface area contributed by atoms with E-state index in [0.717, 1.165) is 23.3 Å². The first kappa shape index (κ1) is 14.2. The summed E-state index contributed by atoms with van der Waals surface area (Å²) in [5.74, 6) is 0.417. The molecule has 0 aliphatic carbocycles. The molecule has 1 aromatic heterocycles. The average Bonchev–Trinajstić information content (AvgIpc) is 2.97. The maximum Gasteiger partial charge on any atom is 0.416 e. The topological polar surface area (TPSA) is 43.6 Å². The maximum absolute atomic E-state index is 12.5. The van der Waals surface area contributed by atoms with Gasteiger partial charge in [-0.2, -0.15) is 13.2 Å². The Kier molecular flexibility index (Phi) is 3.40. The Balaban J connectivity index is 1.89. The fourth-order valence-corrected chi connectivity index (χ4v) is 1.93. The number of alkyl halides is 3. The molecule has 112 valence electrons. The smallest absolute Gasteiger partial charge is 0.166 e. The fourth-order valence-electron chi connectivity index (χ4n) is 1.93. The van der Waals surface area contributed by atoms with E-state index in [1.54, 1.807) is 0 Å². The minimum absolute atomic E-state index is 0.416. The zero-order chi connectivity index (χ0) is 15.7. The van der Waals surface area contributed by atoms with Crippen molar-refractivity contribution in [2.45, 2.75) is 13.1 Å². The molecule has 0 atom stereocenters. The van der Waals surface area contributed by atoms with Crippen molar-refractivity contribution in [3.63, 3.8) is 0 Å². The van der Waals surface area contributed by atoms with Crippen LogP contribution in [0, 0.1) is 6.92 Å². The maximum atomic E-state index is 12.5. The average molecular weight is 304 g/mol. The van der Waals surface area contributed by atoms with Gasteiger partial charge < -0.3 is 0 Å². The summed E-state index contributed by atoms with van der Waals surface area (Å²) >= 11 is 0. The van der Waals surface area contributed by atoms with Crippen LogP contribution in [-0.2, 0) is 6.18 Å². The summed E-state index contributed by atoms with van der Waals surface area (Å²) in [6, 6.07) is 12.2. The molecule has 0 N–H and O–H groups in total. The molecule has 22 heavy (non-hydrogen) atoms. The Morgan fingerprint density at radius 3 is 2.14 bits per heavy atom. The Morgan fingerprint density at radius 2 is 1.55 bits per heavy atom. The molecule has 0 amide bonds. The van der Waals surface area contributed by atoms with Crippen molar-refractivity contribution in [3.8, 4) is 17.1 Å². The van der Waals surface area contributed by atoms with Crippen molar-refractivity contribution < 1.29 is 13.2 Å². The Hall–Kier alpha value is -2.70. The standard InChI is InChI=1S/C15H11F3N4/c1-10-2-4-11(5-3-10)14-19-21-22(20-14)13-8-6-12(7-9-13)15(16,17)18/h2-9H,1H3. The molecule has 0 bridgehead atoms. The molecule has 0 aliphatic heterocycles. The van der Waals surface area contributed by atoms with Gasteiger partial charge in [0, 0.05) is 5.56 Å². The number of hydrogen-bond donors (Lipinski definition) is 0. The molecule has 0 aliphatic rings. The van der Waals surface area contributed by atoms with Gasteiger partial charge in [-0.25, -0.2) is 0 Å². The van der Waals surface area contributed by atoms with Crippen LogP contribution in [0.3, 0.4) is 0 Å². The molecule has 0 saturated carbocycles. The molecule has 0 unspecified atom stereocenters. The van der Waals surface area contributed by atoms with Gasteiger partial charge >= 0.3 is 6.18 Å². The summed E-state index contributed by atoms with van der Waals surface area (Å²) in [5, 5.41) is 12.0. The van der Waals surface area contributed by atoms with Gasteiger partial charge in [0.15, 0.2) is 0 Å². The summed E-state index contributed by atoms with van der Waals surface area (Å²) in [6.07, 6.45) is -4.36. The summed E-state index contributed by atoms with van der Waals surface area (Å²) in [4.78, 5) is 1.20. The Morgan fingerprint density at radius 1 is 0.909 bits per heavy atom. The van der Waals surface area contributed by atoms with Crippen molar-refractivity contribution in [3.05, 3.63) is 59.7 Å². The van der Waals surface area contributed by atoms with Crippen molar-refractivity contribution >= 4 is 0 Å². The first-order valence-electron chi connectivity index (χ1n) is 6.48. The largest absolute Gasteiger partial charge is 0.416 e. The van der Waals surface area contributed by atoms with Crippen molar-refractivity contribution in [2.75, 3.05) is 0 Å². The van der Waals surface area contributed by atoms with Crippen LogP contribution in [-0.4, -0.2) is 20.2 Å². The van der Waals surface area contributed by atoms with Gasteiger partial charge in [-0.05, 0) is 36.4 Å². The lowest BCUT2D eigenvalue weighted by atomic mass is 10.1. The summed E-state index contributed by atoms with van der Waals surface area (Å²) in [6.45, 7) is 1.97. The second-order valence-corrected chi connectivity index (χ2v) is 4.81. The first-order chi connectivity index (χ1) is 10.4. The van der Waals surface area contributed by atoms with E-state index in [1.165, 1.54) is 16.9 Å². The highest BCUT2D eigenvalue weighted by Gasteiger charge is 2.30. The van der Waals surface area contributed by atoms with Gasteiger partial charge in [0.1, 0.15) is 0 Å². The summed E-state index contributed by atoms with van der Waals surface area (Å²) in [5.41, 5.74) is 1.61. The van der Waals surface area contributed by atoms with E-state index in [0.29, 0.717) is 11.5 Å². The normalized spacial score (nSPS) is 11.6. The number of hydrogen-bond acceptors (Lipinski definition) is 3. The number of tetrazole rings is 1. The number of nitrogens with zero attached hydrogens (tertiary/aromatic N) is 4. The third kappa shape index (κ3) is 2.83. The summed E-state index contributed by atoms with van der Waals surface area (Å²) < 4.78 is 37.6. The van der Waals surface area contributed by atoms with E-state index >= 15 is 0 Å². The number of halogens is 3. The second-order valence-electron chi connectivity index (χ2n) is 4.81. The number of aryl methyl sites for hydroxylation is 1. The van der Waals surface area contributed by atoms with Gasteiger partial charge in [-0.1, -0.05) is 29.8 Å². The second kappa shape index (κ2) is 5.25. The van der Waals surface area contributed by atoms with E-state index in [9.17, 15) is 13.2 Å². The van der Waals surface area contributed by atoms with E-state index in [2.05, 4.69) is 15.4 Å². The fraction of sp³-hybridized carbons (Fsp3) is 0.133. The molecule has 3 aromatic rings. The zero-order valence-electron chi connectivity index (χ0n) is 11.5. The molecule has 0 saturated heterocycles. The molecule has 0 radical (unpaired) electrons. The van der Waals surface area contributed by atoms with Crippen LogP contribution >= 0.6 is 0 Å². The van der Waals surface area contributed by atoms with E-state index in [4.69, 9.17) is 0 Å². The molecule has 3 rings (SSSR count). The van der Waals surface area contributed by atoms with Gasteiger partial charge in [-0.3, -0.25) is 0 Å². The molecule has 1 heterocycles. The van der Waals surface area contributed by atoms with Crippen LogP contribution in [0.1, 0.15) is 11.1 Å². The molecular formula is C15H11F3N4. The lowest BCUT2D eigenvalue weighted by Crippen LogP contribution is -2.05. The number of rotatable bonds is 2. The minimum Gasteiger partial charge on any atom is -0.166 e. The van der Waals surface area contributed by atoms with Crippen LogP contribution in [0.5, 0.6) is 0 Å². The van der Waals surface area contributed by atoms with Crippen LogP contribution in [0.4, 0.5) is 13.2 Å². The number of aromatic nitrogens is 4.